The largest absolute Gasteiger partial charge is 0.497 e. The Morgan fingerprint density at radius 1 is 0.902 bits per heavy atom. The summed E-state index contributed by atoms with van der Waals surface area (Å²) in [6.07, 6.45) is -0.174. The maximum atomic E-state index is 11.8. The summed E-state index contributed by atoms with van der Waals surface area (Å²) in [7, 11) is 1.66. The van der Waals surface area contributed by atoms with Crippen LogP contribution in [0.1, 0.15) is 30.2 Å². The fourth-order valence-electron chi connectivity index (χ4n) is 4.44. The van der Waals surface area contributed by atoms with Crippen LogP contribution in [0.2, 0.25) is 0 Å². The number of methoxy groups -OCH3 is 1. The minimum absolute atomic E-state index is 0.00225. The third-order valence-corrected chi connectivity index (χ3v) is 6.64. The number of nitrogens with zero attached hydrogens (tertiary/aromatic N) is 2. The van der Waals surface area contributed by atoms with E-state index in [4.69, 9.17) is 24.4 Å². The van der Waals surface area contributed by atoms with Crippen molar-refractivity contribution >= 4 is 12.1 Å². The standard InChI is InChI=1S/C32H35N3O6/c1-4-40-32(38)33-21-27-20-29(15-11-25(27)12-16-31(36)37)41-18-17-35-22(2)19-30(34-35)26-7-5-23(6-8-26)24-9-13-28(39-3)14-10-24/h5-11,13-15,19-20H,4,12,16-18,21H2,1-3H3,(H,33,38)(H,36,37). The number of aliphatic carboxylic acids is 1. The van der Waals surface area contributed by atoms with E-state index >= 15 is 0 Å². The van der Waals surface area contributed by atoms with Gasteiger partial charge in [0.25, 0.3) is 0 Å². The number of rotatable bonds is 13. The van der Waals surface area contributed by atoms with Gasteiger partial charge in [-0.05, 0) is 72.9 Å². The molecule has 0 atom stereocenters. The number of hydrogen-bond donors (Lipinski definition) is 2. The fourth-order valence-corrected chi connectivity index (χ4v) is 4.44. The van der Waals surface area contributed by atoms with Crippen LogP contribution in [0.15, 0.2) is 72.8 Å². The van der Waals surface area contributed by atoms with Crippen molar-refractivity contribution in [2.75, 3.05) is 20.3 Å². The van der Waals surface area contributed by atoms with Gasteiger partial charge in [0.1, 0.15) is 18.1 Å². The molecule has 0 saturated heterocycles. The summed E-state index contributed by atoms with van der Waals surface area (Å²) in [5, 5.41) is 16.6. The number of carbonyl (C=O) groups excluding carboxylic acids is 1. The lowest BCUT2D eigenvalue weighted by Gasteiger charge is -2.14. The number of ether oxygens (including phenoxy) is 3. The van der Waals surface area contributed by atoms with Crippen molar-refractivity contribution < 1.29 is 28.9 Å². The zero-order chi connectivity index (χ0) is 29.2. The molecule has 0 aliphatic heterocycles. The summed E-state index contributed by atoms with van der Waals surface area (Å²) in [6, 6.07) is 23.8. The van der Waals surface area contributed by atoms with Gasteiger partial charge in [-0.25, -0.2) is 4.79 Å². The third kappa shape index (κ3) is 8.11. The van der Waals surface area contributed by atoms with Crippen molar-refractivity contribution in [1.82, 2.24) is 15.1 Å². The topological polar surface area (TPSA) is 112 Å². The molecule has 1 aromatic heterocycles. The highest BCUT2D eigenvalue weighted by molar-refractivity contribution is 5.69. The van der Waals surface area contributed by atoms with E-state index in [0.29, 0.717) is 25.3 Å². The summed E-state index contributed by atoms with van der Waals surface area (Å²) in [5.74, 6) is 0.579. The Bertz CT molecular complexity index is 1460. The Morgan fingerprint density at radius 3 is 2.22 bits per heavy atom. The average Bonchev–Trinajstić information content (AvgIpc) is 3.35. The second kappa shape index (κ2) is 14.0. The summed E-state index contributed by atoms with van der Waals surface area (Å²) in [6.45, 7) is 5.16. The van der Waals surface area contributed by atoms with E-state index in [-0.39, 0.29) is 19.6 Å². The maximum absolute atomic E-state index is 11.8. The molecule has 214 valence electrons. The van der Waals surface area contributed by atoms with Gasteiger partial charge >= 0.3 is 12.1 Å². The quantitative estimate of drug-likeness (QED) is 0.211. The van der Waals surface area contributed by atoms with Gasteiger partial charge in [0.15, 0.2) is 0 Å². The lowest BCUT2D eigenvalue weighted by atomic mass is 10.0. The van der Waals surface area contributed by atoms with E-state index in [0.717, 1.165) is 45.0 Å². The van der Waals surface area contributed by atoms with Crippen LogP contribution in [0.5, 0.6) is 11.5 Å². The average molecular weight is 558 g/mol. The Hall–Kier alpha value is -4.79. The molecule has 0 spiro atoms. The highest BCUT2D eigenvalue weighted by Gasteiger charge is 2.11. The van der Waals surface area contributed by atoms with Crippen molar-refractivity contribution in [3.63, 3.8) is 0 Å². The lowest BCUT2D eigenvalue weighted by Crippen LogP contribution is -2.24. The molecular formula is C32H35N3O6. The molecule has 41 heavy (non-hydrogen) atoms. The van der Waals surface area contributed by atoms with Crippen LogP contribution in [0, 0.1) is 6.92 Å². The zero-order valence-electron chi connectivity index (χ0n) is 23.6. The van der Waals surface area contributed by atoms with E-state index in [1.807, 2.05) is 54.1 Å². The van der Waals surface area contributed by atoms with Crippen LogP contribution in [0.3, 0.4) is 0 Å². The molecule has 2 N–H and O–H groups in total. The molecule has 9 heteroatoms. The van der Waals surface area contributed by atoms with E-state index in [9.17, 15) is 9.59 Å². The first-order chi connectivity index (χ1) is 19.9. The first-order valence-electron chi connectivity index (χ1n) is 13.5. The highest BCUT2D eigenvalue weighted by atomic mass is 16.5. The van der Waals surface area contributed by atoms with Gasteiger partial charge in [-0.15, -0.1) is 0 Å². The van der Waals surface area contributed by atoms with Crippen LogP contribution < -0.4 is 14.8 Å². The summed E-state index contributed by atoms with van der Waals surface area (Å²) < 4.78 is 18.1. The highest BCUT2D eigenvalue weighted by Crippen LogP contribution is 2.26. The van der Waals surface area contributed by atoms with Gasteiger partial charge in [-0.1, -0.05) is 42.5 Å². The lowest BCUT2D eigenvalue weighted by molar-refractivity contribution is -0.136. The molecule has 0 radical (unpaired) electrons. The molecule has 1 heterocycles. The minimum Gasteiger partial charge on any atom is -0.497 e. The van der Waals surface area contributed by atoms with Crippen molar-refractivity contribution in [3.05, 3.63) is 89.6 Å². The second-order valence-electron chi connectivity index (χ2n) is 9.45. The summed E-state index contributed by atoms with van der Waals surface area (Å²) in [4.78, 5) is 22.8. The van der Waals surface area contributed by atoms with Crippen molar-refractivity contribution in [2.45, 2.75) is 39.8 Å². The van der Waals surface area contributed by atoms with Crippen LogP contribution in [-0.4, -0.2) is 47.3 Å². The smallest absolute Gasteiger partial charge is 0.407 e. The van der Waals surface area contributed by atoms with Gasteiger partial charge in [0.2, 0.25) is 0 Å². The van der Waals surface area contributed by atoms with Gasteiger partial charge < -0.3 is 24.6 Å². The number of amides is 1. The predicted molar refractivity (Wildman–Crippen MR) is 156 cm³/mol. The van der Waals surface area contributed by atoms with Crippen molar-refractivity contribution in [1.29, 1.82) is 0 Å². The first-order valence-corrected chi connectivity index (χ1v) is 13.5. The molecular weight excluding hydrogens is 522 g/mol. The first kappa shape index (κ1) is 29.2. The molecule has 0 fully saturated rings. The molecule has 4 rings (SSSR count). The number of alkyl carbamates (subject to hydrolysis) is 1. The summed E-state index contributed by atoms with van der Waals surface area (Å²) >= 11 is 0. The number of nitrogens with one attached hydrogen (secondary N) is 1. The minimum atomic E-state index is -0.878. The Balaban J connectivity index is 1.38. The number of aromatic nitrogens is 2. The Labute approximate surface area is 239 Å². The number of aryl methyl sites for hydroxylation is 2. The summed E-state index contributed by atoms with van der Waals surface area (Å²) in [5.41, 5.74) is 6.79. The van der Waals surface area contributed by atoms with Gasteiger partial charge in [-0.2, -0.15) is 5.10 Å². The van der Waals surface area contributed by atoms with Gasteiger partial charge in [0, 0.05) is 24.2 Å². The second-order valence-corrected chi connectivity index (χ2v) is 9.45. The van der Waals surface area contributed by atoms with Crippen LogP contribution in [0.4, 0.5) is 4.79 Å². The predicted octanol–water partition coefficient (Wildman–Crippen LogP) is 5.88. The van der Waals surface area contributed by atoms with Crippen LogP contribution in [0.25, 0.3) is 22.4 Å². The number of carbonyl (C=O) groups is 2. The monoisotopic (exact) mass is 557 g/mol. The molecule has 9 nitrogen and oxygen atoms in total. The zero-order valence-corrected chi connectivity index (χ0v) is 23.6. The normalized spacial score (nSPS) is 10.7. The molecule has 4 aromatic rings. The maximum Gasteiger partial charge on any atom is 0.407 e. The fraction of sp³-hybridized carbons (Fsp3) is 0.281. The van der Waals surface area contributed by atoms with Crippen LogP contribution >= 0.6 is 0 Å². The molecule has 1 amide bonds. The van der Waals surface area contributed by atoms with Gasteiger partial charge in [0.05, 0.1) is 26.0 Å². The van der Waals surface area contributed by atoms with E-state index in [1.54, 1.807) is 14.0 Å². The van der Waals surface area contributed by atoms with Crippen molar-refractivity contribution in [3.8, 4) is 33.9 Å². The molecule has 0 bridgehead atoms. The number of carboxylic acid groups (broad SMARTS) is 1. The van der Waals surface area contributed by atoms with Crippen molar-refractivity contribution in [2.24, 2.45) is 0 Å². The Morgan fingerprint density at radius 2 is 1.56 bits per heavy atom. The molecule has 0 aliphatic carbocycles. The van der Waals surface area contributed by atoms with E-state index < -0.39 is 12.1 Å². The molecule has 0 saturated carbocycles. The molecule has 0 unspecified atom stereocenters. The number of benzene rings is 3. The number of hydrogen-bond acceptors (Lipinski definition) is 6. The van der Waals surface area contributed by atoms with E-state index in [2.05, 4.69) is 35.6 Å². The van der Waals surface area contributed by atoms with E-state index in [1.165, 1.54) is 0 Å². The Kier molecular flexibility index (Phi) is 9.99. The molecule has 3 aromatic carbocycles. The SMILES string of the molecule is CCOC(=O)NCc1cc(OCCn2nc(-c3ccc(-c4ccc(OC)cc4)cc3)cc2C)ccc1CCC(=O)O. The number of carboxylic acids is 1. The third-order valence-electron chi connectivity index (χ3n) is 6.64. The van der Waals surface area contributed by atoms with Gasteiger partial charge in [-0.3, -0.25) is 9.48 Å². The van der Waals surface area contributed by atoms with Crippen LogP contribution in [-0.2, 0) is 29.0 Å². The molecule has 0 aliphatic rings.